The molecule has 2 heterocycles. The molecule has 0 aliphatic heterocycles. The summed E-state index contributed by atoms with van der Waals surface area (Å²) in [7, 11) is 0. The van der Waals surface area contributed by atoms with Crippen LogP contribution in [-0.2, 0) is 0 Å². The Kier molecular flexibility index (Phi) is 8.38. The molecule has 18 aromatic rings. The highest BCUT2D eigenvalue weighted by Crippen LogP contribution is 2.49. The molecule has 400 valence electrons. The fraction of sp³-hybridized carbons (Fsp3) is 0. The fourth-order valence-corrected chi connectivity index (χ4v) is 12.9. The predicted octanol–water partition coefficient (Wildman–Crippen LogP) is 24.1. The van der Waals surface area contributed by atoms with Gasteiger partial charge in [-0.2, -0.15) is 0 Å². The second-order valence-electron chi connectivity index (χ2n) is 21.3. The maximum absolute atomic E-state index is 9.31. The molecule has 0 saturated carbocycles. The van der Waals surface area contributed by atoms with E-state index in [1.807, 2.05) is 146 Å². The maximum Gasteiger partial charge on any atom is 0.136 e. The van der Waals surface area contributed by atoms with E-state index in [4.69, 9.17) is 22.5 Å². The topological polar surface area (TPSA) is 26.3 Å². The van der Waals surface area contributed by atoms with E-state index >= 15 is 0 Å². The second-order valence-corrected chi connectivity index (χ2v) is 21.3. The molecular weight excluding hydrogens is 1040 g/mol. The van der Waals surface area contributed by atoms with Crippen LogP contribution in [0.5, 0.6) is 0 Å². The minimum Gasteiger partial charge on any atom is -0.456 e. The average molecular weight is 1110 g/mol. The summed E-state index contributed by atoms with van der Waals surface area (Å²) < 4.78 is 155. The Morgan fingerprint density at radius 2 is 0.558 bits per heavy atom. The summed E-state index contributed by atoms with van der Waals surface area (Å²) in [6.07, 6.45) is 0. The van der Waals surface area contributed by atoms with Gasteiger partial charge in [0.1, 0.15) is 22.3 Å². The number of fused-ring (bicyclic) bond motifs is 12. The third-order valence-electron chi connectivity index (χ3n) is 16.6. The van der Waals surface area contributed by atoms with E-state index in [1.165, 1.54) is 0 Å². The molecule has 0 radical (unpaired) electrons. The first-order valence-corrected chi connectivity index (χ1v) is 28.2. The van der Waals surface area contributed by atoms with E-state index < -0.39 is 48.3 Å². The van der Waals surface area contributed by atoms with Gasteiger partial charge in [0, 0.05) is 21.5 Å². The Balaban J connectivity index is 0.000000152. The maximum atomic E-state index is 9.31. The minimum atomic E-state index is -0.424. The molecule has 0 spiro atoms. The first-order valence-electron chi connectivity index (χ1n) is 36.2. The molecule has 0 saturated heterocycles. The smallest absolute Gasteiger partial charge is 0.136 e. The van der Waals surface area contributed by atoms with Gasteiger partial charge >= 0.3 is 0 Å². The van der Waals surface area contributed by atoms with Gasteiger partial charge in [-0.3, -0.25) is 0 Å². The zero-order valence-corrected chi connectivity index (χ0v) is 45.6. The van der Waals surface area contributed by atoms with Crippen LogP contribution in [0.2, 0.25) is 0 Å². The van der Waals surface area contributed by atoms with Gasteiger partial charge in [-0.05, 0) is 168 Å². The molecule has 2 heteroatoms. The highest BCUT2D eigenvalue weighted by molar-refractivity contribution is 6.26. The number of furan rings is 2. The van der Waals surface area contributed by atoms with E-state index in [1.54, 1.807) is 48.5 Å². The molecule has 0 N–H and O–H groups in total. The minimum absolute atomic E-state index is 0.193. The van der Waals surface area contributed by atoms with Gasteiger partial charge < -0.3 is 8.83 Å². The average Bonchev–Trinajstić information content (AvgIpc) is 0.952. The van der Waals surface area contributed by atoms with Crippen molar-refractivity contribution in [1.29, 1.82) is 0 Å². The lowest BCUT2D eigenvalue weighted by Crippen LogP contribution is -1.92. The molecule has 2 nitrogen and oxygen atoms in total. The lowest BCUT2D eigenvalue weighted by Gasteiger charge is -2.19. The molecule has 0 atom stereocenters. The van der Waals surface area contributed by atoms with Crippen molar-refractivity contribution >= 4 is 109 Å². The third-order valence-corrected chi connectivity index (χ3v) is 16.6. The highest BCUT2D eigenvalue weighted by atomic mass is 16.3. The van der Waals surface area contributed by atoms with Gasteiger partial charge in [-0.1, -0.05) is 279 Å². The second kappa shape index (κ2) is 20.2. The molecule has 2 aromatic heterocycles. The van der Waals surface area contributed by atoms with E-state index in [0.29, 0.717) is 44.5 Å². The van der Waals surface area contributed by atoms with Crippen molar-refractivity contribution in [2.24, 2.45) is 0 Å². The molecule has 16 aromatic carbocycles. The van der Waals surface area contributed by atoms with Crippen LogP contribution >= 0.6 is 0 Å². The zero-order chi connectivity index (χ0) is 70.6. The normalized spacial score (nSPS) is 14.3. The largest absolute Gasteiger partial charge is 0.456 e. The van der Waals surface area contributed by atoms with Crippen LogP contribution in [0.25, 0.3) is 175 Å². The van der Waals surface area contributed by atoms with Crippen molar-refractivity contribution in [2.75, 3.05) is 0 Å². The number of rotatable bonds is 6. The Morgan fingerprint density at radius 1 is 0.209 bits per heavy atom. The standard InChI is InChI=1S/2C42H26O/c1-2-11-27(12-3-1)40-33-13-4-6-15-35(33)41(36-16-7-5-14-34(36)40)31-24-22-28-25-30(23-21-29(28)26-31)32-18-10-20-39-42(32)37-17-8-9-19-38(37)43-39;1-2-13-27(14-3-1)40-32-17-6-8-19-34(32)41(35-20-9-7-18-33(35)40)36-26-25-30(28-15-4-5-16-29(28)36)31-22-12-24-39-42(31)37-21-10-11-23-38(37)43-39/h2*1-26H/i4D,5D,6D,7D,13D,14D,15D,16D;6D,7D,8D,9D,17D,18D,19D,20D. The Morgan fingerprint density at radius 3 is 1.05 bits per heavy atom. The van der Waals surface area contributed by atoms with Crippen molar-refractivity contribution < 1.29 is 30.8 Å². The lowest BCUT2D eigenvalue weighted by atomic mass is 9.83. The highest BCUT2D eigenvalue weighted by Gasteiger charge is 2.22. The third kappa shape index (κ3) is 7.95. The monoisotopic (exact) mass is 1110 g/mol. The Labute approximate surface area is 519 Å². The lowest BCUT2D eigenvalue weighted by molar-refractivity contribution is 0.668. The van der Waals surface area contributed by atoms with Crippen LogP contribution in [0.3, 0.4) is 0 Å². The van der Waals surface area contributed by atoms with Crippen LogP contribution < -0.4 is 0 Å². The van der Waals surface area contributed by atoms with Crippen LogP contribution in [0.15, 0.2) is 324 Å². The van der Waals surface area contributed by atoms with Gasteiger partial charge in [-0.15, -0.1) is 0 Å². The molecule has 0 aliphatic rings. The molecule has 0 fully saturated rings. The van der Waals surface area contributed by atoms with Crippen molar-refractivity contribution in [3.63, 3.8) is 0 Å². The summed E-state index contributed by atoms with van der Waals surface area (Å²) in [5.41, 5.74) is 10.7. The molecule has 0 bridgehead atoms. The van der Waals surface area contributed by atoms with E-state index in [2.05, 4.69) is 24.3 Å². The quantitative estimate of drug-likeness (QED) is 0.155. The summed E-state index contributed by atoms with van der Waals surface area (Å²) in [6.45, 7) is 0. The van der Waals surface area contributed by atoms with Gasteiger partial charge in [0.25, 0.3) is 0 Å². The number of hydrogen-bond donors (Lipinski definition) is 0. The van der Waals surface area contributed by atoms with Crippen LogP contribution in [0.4, 0.5) is 0 Å². The number of benzene rings is 16. The first kappa shape index (κ1) is 35.6. The predicted molar refractivity (Wildman–Crippen MR) is 365 cm³/mol. The van der Waals surface area contributed by atoms with E-state index in [-0.39, 0.29) is 91.4 Å². The first-order chi connectivity index (χ1) is 49.3. The summed E-state index contributed by atoms with van der Waals surface area (Å²) in [6, 6.07) is 63.8. The van der Waals surface area contributed by atoms with Crippen molar-refractivity contribution in [3.05, 3.63) is 315 Å². The van der Waals surface area contributed by atoms with Gasteiger partial charge in [-0.25, -0.2) is 0 Å². The summed E-state index contributed by atoms with van der Waals surface area (Å²) >= 11 is 0. The molecular formula is C84H52O2. The van der Waals surface area contributed by atoms with Gasteiger partial charge in [0.15, 0.2) is 0 Å². The molecule has 0 amide bonds. The number of hydrogen-bond acceptors (Lipinski definition) is 2. The van der Waals surface area contributed by atoms with Gasteiger partial charge in [0.05, 0.1) is 21.9 Å². The van der Waals surface area contributed by atoms with Crippen LogP contribution in [0.1, 0.15) is 21.9 Å². The SMILES string of the molecule is [2H]c1c([2H])c([2H])c2c(-c3ccc(-c4cccc5oc6ccccc6c45)c4ccccc34)c3c([2H])c([2H])c([2H])c([2H])c3c(-c3ccccc3)c2c1[2H].[2H]c1c([2H])c([2H])c2c(-c3ccc4cc(-c5cccc6oc7ccccc7c56)ccc4c3)c3c([2H])c([2H])c([2H])c([2H])c3c(-c3ccccc3)c2c1[2H]. The Bertz CT molecular complexity index is 6540. The van der Waals surface area contributed by atoms with Gasteiger partial charge in [0.2, 0.25) is 0 Å². The zero-order valence-electron chi connectivity index (χ0n) is 61.6. The molecule has 0 unspecified atom stereocenters. The number of para-hydroxylation sites is 2. The molecule has 0 aliphatic carbocycles. The molecule has 86 heavy (non-hydrogen) atoms. The summed E-state index contributed by atoms with van der Waals surface area (Å²) in [5, 5.41) is 9.02. The van der Waals surface area contributed by atoms with Crippen molar-refractivity contribution in [3.8, 4) is 66.8 Å². The summed E-state index contributed by atoms with van der Waals surface area (Å²) in [4.78, 5) is 0. The van der Waals surface area contributed by atoms with E-state index in [9.17, 15) is 8.22 Å². The van der Waals surface area contributed by atoms with Crippen LogP contribution in [-0.4, -0.2) is 0 Å². The molecule has 18 rings (SSSR count). The fourth-order valence-electron chi connectivity index (χ4n) is 12.9. The Hall–Kier alpha value is -11.3. The van der Waals surface area contributed by atoms with Crippen molar-refractivity contribution in [2.45, 2.75) is 0 Å². The van der Waals surface area contributed by atoms with Crippen molar-refractivity contribution in [1.82, 2.24) is 0 Å². The summed E-state index contributed by atoms with van der Waals surface area (Å²) in [5.74, 6) is 0. The van der Waals surface area contributed by atoms with Crippen LogP contribution in [0, 0.1) is 0 Å². The van der Waals surface area contributed by atoms with E-state index in [0.717, 1.165) is 87.7 Å².